The number of fused-ring (bicyclic) bond motifs is 1. The first-order chi connectivity index (χ1) is 15.3. The van der Waals surface area contributed by atoms with E-state index >= 15 is 0 Å². The second kappa shape index (κ2) is 9.98. The van der Waals surface area contributed by atoms with Gasteiger partial charge in [0.1, 0.15) is 11.4 Å². The van der Waals surface area contributed by atoms with Gasteiger partial charge in [0, 0.05) is 17.3 Å². The van der Waals surface area contributed by atoms with Crippen LogP contribution in [0.15, 0.2) is 78.9 Å². The van der Waals surface area contributed by atoms with Crippen LogP contribution in [0.1, 0.15) is 40.5 Å². The number of hydrogen-bond donors (Lipinski definition) is 1. The lowest BCUT2D eigenvalue weighted by Gasteiger charge is -2.12. The number of aromatic amines is 1. The number of aryl methyl sites for hydroxylation is 1. The molecule has 4 nitrogen and oxygen atoms in total. The normalized spacial score (nSPS) is 10.9. The third kappa shape index (κ3) is 4.97. The molecule has 0 aliphatic rings. The Morgan fingerprint density at radius 3 is 2.48 bits per heavy atom. The first-order valence-electron chi connectivity index (χ1n) is 10.8. The van der Waals surface area contributed by atoms with E-state index in [1.807, 2.05) is 55.5 Å². The highest BCUT2D eigenvalue weighted by Crippen LogP contribution is 2.25. The first-order valence-corrected chi connectivity index (χ1v) is 10.8. The lowest BCUT2D eigenvalue weighted by molar-refractivity contribution is 0.0519. The van der Waals surface area contributed by atoms with Crippen molar-refractivity contribution in [1.82, 2.24) is 4.98 Å². The van der Waals surface area contributed by atoms with Gasteiger partial charge in [0.05, 0.1) is 13.2 Å². The number of para-hydroxylation sites is 2. The van der Waals surface area contributed by atoms with Crippen LogP contribution in [0.5, 0.6) is 5.75 Å². The quantitative estimate of drug-likeness (QED) is 0.273. The molecule has 4 rings (SSSR count). The van der Waals surface area contributed by atoms with Gasteiger partial charge < -0.3 is 14.5 Å². The fraction of sp³-hybridized carbons (Fsp3) is 0.222. The largest absolute Gasteiger partial charge is 0.493 e. The van der Waals surface area contributed by atoms with Crippen molar-refractivity contribution in [1.29, 1.82) is 0 Å². The molecule has 0 spiro atoms. The molecular weight excluding hydrogens is 386 g/mol. The zero-order valence-corrected chi connectivity index (χ0v) is 17.8. The van der Waals surface area contributed by atoms with Gasteiger partial charge in [-0.15, -0.1) is 0 Å². The van der Waals surface area contributed by atoms with Gasteiger partial charge >= 0.3 is 5.97 Å². The molecule has 0 radical (unpaired) electrons. The molecule has 0 unspecified atom stereocenters. The molecule has 0 saturated heterocycles. The summed E-state index contributed by atoms with van der Waals surface area (Å²) in [5.41, 5.74) is 4.93. The van der Waals surface area contributed by atoms with Crippen LogP contribution in [0.2, 0.25) is 0 Å². The predicted octanol–water partition coefficient (Wildman–Crippen LogP) is 5.95. The molecule has 4 heteroatoms. The minimum absolute atomic E-state index is 0.303. The van der Waals surface area contributed by atoms with Gasteiger partial charge in [-0.1, -0.05) is 66.7 Å². The lowest BCUT2D eigenvalue weighted by atomic mass is 10.0. The number of nitrogens with one attached hydrogen (secondary N) is 1. The molecule has 31 heavy (non-hydrogen) atoms. The summed E-state index contributed by atoms with van der Waals surface area (Å²) in [6.07, 6.45) is 2.37. The van der Waals surface area contributed by atoms with Crippen LogP contribution in [-0.2, 0) is 17.6 Å². The van der Waals surface area contributed by atoms with Crippen LogP contribution in [-0.4, -0.2) is 24.2 Å². The van der Waals surface area contributed by atoms with E-state index in [0.29, 0.717) is 18.9 Å². The summed E-state index contributed by atoms with van der Waals surface area (Å²) < 4.78 is 11.4. The summed E-state index contributed by atoms with van der Waals surface area (Å²) in [5, 5.41) is 1.06. The second-order valence-corrected chi connectivity index (χ2v) is 7.47. The van der Waals surface area contributed by atoms with E-state index < -0.39 is 0 Å². The molecular formula is C27H27NO3. The van der Waals surface area contributed by atoms with Crippen molar-refractivity contribution in [2.24, 2.45) is 0 Å². The molecule has 158 valence electrons. The Balaban J connectivity index is 1.43. The van der Waals surface area contributed by atoms with Crippen molar-refractivity contribution in [3.05, 3.63) is 101 Å². The van der Waals surface area contributed by atoms with Gasteiger partial charge in [0.25, 0.3) is 0 Å². The average molecular weight is 414 g/mol. The minimum Gasteiger partial charge on any atom is -0.493 e. The van der Waals surface area contributed by atoms with Crippen LogP contribution < -0.4 is 4.74 Å². The highest BCUT2D eigenvalue weighted by molar-refractivity contribution is 5.98. The fourth-order valence-corrected chi connectivity index (χ4v) is 3.87. The molecule has 0 aliphatic heterocycles. The standard InChI is InChI=1S/C27H27NO3/c1-2-30-27(29)26-23(22-14-7-8-16-24(22)28-26)15-10-18-31-25-17-9-6-13-21(25)19-20-11-4-3-5-12-20/h3-9,11-14,16-17,28H,2,10,15,18-19H2,1H3. The summed E-state index contributed by atoms with van der Waals surface area (Å²) >= 11 is 0. The van der Waals surface area contributed by atoms with Gasteiger partial charge in [0.2, 0.25) is 0 Å². The van der Waals surface area contributed by atoms with Crippen LogP contribution in [0.4, 0.5) is 0 Å². The molecule has 1 heterocycles. The topological polar surface area (TPSA) is 51.3 Å². The summed E-state index contributed by atoms with van der Waals surface area (Å²) in [4.78, 5) is 15.7. The minimum atomic E-state index is -0.303. The Morgan fingerprint density at radius 1 is 0.903 bits per heavy atom. The van der Waals surface area contributed by atoms with Gasteiger partial charge in [0.15, 0.2) is 0 Å². The van der Waals surface area contributed by atoms with Crippen LogP contribution in [0.25, 0.3) is 10.9 Å². The van der Waals surface area contributed by atoms with Crippen molar-refractivity contribution in [3.63, 3.8) is 0 Å². The lowest BCUT2D eigenvalue weighted by Crippen LogP contribution is -2.09. The SMILES string of the molecule is CCOC(=O)c1[nH]c2ccccc2c1CCCOc1ccccc1Cc1ccccc1. The number of carbonyl (C=O) groups excluding carboxylic acids is 1. The number of aromatic nitrogens is 1. The molecule has 0 fully saturated rings. The monoisotopic (exact) mass is 413 g/mol. The molecule has 0 amide bonds. The Bertz CT molecular complexity index is 1150. The van der Waals surface area contributed by atoms with Crippen LogP contribution in [0, 0.1) is 0 Å². The maximum absolute atomic E-state index is 12.4. The molecule has 0 atom stereocenters. The number of benzene rings is 3. The molecule has 0 bridgehead atoms. The van der Waals surface area contributed by atoms with Crippen molar-refractivity contribution in [2.45, 2.75) is 26.2 Å². The van der Waals surface area contributed by atoms with E-state index in [1.54, 1.807) is 0 Å². The Labute approximate surface area is 182 Å². The predicted molar refractivity (Wildman–Crippen MR) is 124 cm³/mol. The van der Waals surface area contributed by atoms with Gasteiger partial charge in [-0.05, 0) is 48.6 Å². The summed E-state index contributed by atoms with van der Waals surface area (Å²) in [7, 11) is 0. The number of esters is 1. The number of hydrogen-bond acceptors (Lipinski definition) is 3. The second-order valence-electron chi connectivity index (χ2n) is 7.47. The molecule has 0 saturated carbocycles. The van der Waals surface area contributed by atoms with E-state index in [0.717, 1.165) is 41.5 Å². The highest BCUT2D eigenvalue weighted by Gasteiger charge is 2.18. The molecule has 4 aromatic rings. The number of carbonyl (C=O) groups is 1. The van der Waals surface area contributed by atoms with E-state index in [2.05, 4.69) is 35.3 Å². The summed E-state index contributed by atoms with van der Waals surface area (Å²) in [6.45, 7) is 2.75. The Morgan fingerprint density at radius 2 is 1.65 bits per heavy atom. The number of ether oxygens (including phenoxy) is 2. The molecule has 0 aliphatic carbocycles. The van der Waals surface area contributed by atoms with Gasteiger partial charge in [-0.2, -0.15) is 0 Å². The molecule has 1 aromatic heterocycles. The Hall–Kier alpha value is -3.53. The molecule has 1 N–H and O–H groups in total. The van der Waals surface area contributed by atoms with Gasteiger partial charge in [-0.3, -0.25) is 0 Å². The van der Waals surface area contributed by atoms with Crippen molar-refractivity contribution < 1.29 is 14.3 Å². The third-order valence-corrected chi connectivity index (χ3v) is 5.33. The van der Waals surface area contributed by atoms with Gasteiger partial charge in [-0.25, -0.2) is 4.79 Å². The zero-order valence-electron chi connectivity index (χ0n) is 17.8. The van der Waals surface area contributed by atoms with Crippen LogP contribution >= 0.6 is 0 Å². The third-order valence-electron chi connectivity index (χ3n) is 5.33. The number of rotatable bonds is 9. The van der Waals surface area contributed by atoms with E-state index in [1.165, 1.54) is 11.1 Å². The number of H-pyrrole nitrogens is 1. The Kier molecular flexibility index (Phi) is 6.68. The smallest absolute Gasteiger partial charge is 0.355 e. The zero-order chi connectivity index (χ0) is 21.5. The van der Waals surface area contributed by atoms with Crippen molar-refractivity contribution >= 4 is 16.9 Å². The summed E-state index contributed by atoms with van der Waals surface area (Å²) in [6, 6.07) is 26.6. The van der Waals surface area contributed by atoms with E-state index in [9.17, 15) is 4.79 Å². The maximum Gasteiger partial charge on any atom is 0.355 e. The fourth-order valence-electron chi connectivity index (χ4n) is 3.87. The van der Waals surface area contributed by atoms with E-state index in [-0.39, 0.29) is 5.97 Å². The van der Waals surface area contributed by atoms with Crippen molar-refractivity contribution in [3.8, 4) is 5.75 Å². The summed E-state index contributed by atoms with van der Waals surface area (Å²) in [5.74, 6) is 0.610. The maximum atomic E-state index is 12.4. The molecule has 3 aromatic carbocycles. The van der Waals surface area contributed by atoms with Crippen LogP contribution in [0.3, 0.4) is 0 Å². The average Bonchev–Trinajstić information content (AvgIpc) is 3.17. The van der Waals surface area contributed by atoms with E-state index in [4.69, 9.17) is 9.47 Å². The van der Waals surface area contributed by atoms with Crippen molar-refractivity contribution in [2.75, 3.05) is 13.2 Å². The first kappa shape index (κ1) is 20.7. The highest BCUT2D eigenvalue weighted by atomic mass is 16.5.